The van der Waals surface area contributed by atoms with Crippen LogP contribution in [0.2, 0.25) is 0 Å². The number of imidazole rings is 1. The average molecular weight is 268 g/mol. The van der Waals surface area contributed by atoms with Gasteiger partial charge in [0.05, 0.1) is 12.5 Å². The Morgan fingerprint density at radius 3 is 2.90 bits per heavy atom. The highest BCUT2D eigenvalue weighted by Gasteiger charge is 2.14. The Labute approximate surface area is 115 Å². The predicted octanol–water partition coefficient (Wildman–Crippen LogP) is 0.193. The third-order valence-electron chi connectivity index (χ3n) is 3.24. The maximum Gasteiger partial charge on any atom is 0.488 e. The zero-order valence-electron chi connectivity index (χ0n) is 10.9. The molecule has 3 rings (SSSR count). The molecule has 0 fully saturated rings. The van der Waals surface area contributed by atoms with Gasteiger partial charge in [-0.1, -0.05) is 24.3 Å². The molecule has 0 amide bonds. The Balaban J connectivity index is 2.19. The fourth-order valence-electron chi connectivity index (χ4n) is 2.18. The Hall–Kier alpha value is -2.25. The van der Waals surface area contributed by atoms with E-state index >= 15 is 0 Å². The van der Waals surface area contributed by atoms with Crippen LogP contribution >= 0.6 is 0 Å². The maximum absolute atomic E-state index is 9.26. The van der Waals surface area contributed by atoms with Gasteiger partial charge in [-0.2, -0.15) is 5.10 Å². The molecule has 6 nitrogen and oxygen atoms in total. The molecule has 2 heterocycles. The second-order valence-electron chi connectivity index (χ2n) is 4.46. The molecule has 0 saturated carbocycles. The molecule has 1 aromatic carbocycles. The minimum Gasteiger partial charge on any atom is -0.423 e. The summed E-state index contributed by atoms with van der Waals surface area (Å²) < 4.78 is 1.91. The van der Waals surface area contributed by atoms with Crippen LogP contribution in [-0.4, -0.2) is 36.9 Å². The van der Waals surface area contributed by atoms with E-state index < -0.39 is 7.12 Å². The molecule has 0 bridgehead atoms. The standard InChI is InChI=1S/C13H13BN4O2/c1-2-18-8-15-12-11(7-16-17-13(12)18)9-4-3-5-10(6-9)14(19)20/h3-8,19-20H,2H2,1H3. The van der Waals surface area contributed by atoms with Crippen LogP contribution in [0.3, 0.4) is 0 Å². The van der Waals surface area contributed by atoms with Crippen molar-refractivity contribution in [1.82, 2.24) is 19.7 Å². The molecular weight excluding hydrogens is 255 g/mol. The first-order chi connectivity index (χ1) is 9.70. The second kappa shape index (κ2) is 5.03. The van der Waals surface area contributed by atoms with Gasteiger partial charge in [-0.15, -0.1) is 5.10 Å². The van der Waals surface area contributed by atoms with Crippen LogP contribution in [0.5, 0.6) is 0 Å². The van der Waals surface area contributed by atoms with Crippen LogP contribution in [0.1, 0.15) is 6.92 Å². The molecule has 0 aliphatic carbocycles. The molecule has 0 radical (unpaired) electrons. The molecule has 0 spiro atoms. The van der Waals surface area contributed by atoms with Crippen molar-refractivity contribution < 1.29 is 10.0 Å². The first-order valence-corrected chi connectivity index (χ1v) is 6.33. The molecule has 0 aliphatic heterocycles. The number of aryl methyl sites for hydroxylation is 1. The van der Waals surface area contributed by atoms with Crippen LogP contribution in [0.4, 0.5) is 0 Å². The number of rotatable bonds is 3. The lowest BCUT2D eigenvalue weighted by molar-refractivity contribution is 0.426. The molecule has 0 atom stereocenters. The van der Waals surface area contributed by atoms with Crippen molar-refractivity contribution in [3.8, 4) is 11.1 Å². The lowest BCUT2D eigenvalue weighted by Crippen LogP contribution is -2.29. The summed E-state index contributed by atoms with van der Waals surface area (Å²) in [6.07, 6.45) is 3.37. The number of hydrogen-bond donors (Lipinski definition) is 2. The van der Waals surface area contributed by atoms with Gasteiger partial charge < -0.3 is 14.6 Å². The lowest BCUT2D eigenvalue weighted by Gasteiger charge is -2.05. The fraction of sp³-hybridized carbons (Fsp3) is 0.154. The molecule has 7 heteroatoms. The summed E-state index contributed by atoms with van der Waals surface area (Å²) in [5.74, 6) is 0. The van der Waals surface area contributed by atoms with Gasteiger partial charge in [0.1, 0.15) is 5.52 Å². The van der Waals surface area contributed by atoms with Crippen LogP contribution in [-0.2, 0) is 6.54 Å². The lowest BCUT2D eigenvalue weighted by atomic mass is 9.79. The highest BCUT2D eigenvalue weighted by molar-refractivity contribution is 6.58. The van der Waals surface area contributed by atoms with Gasteiger partial charge in [0.25, 0.3) is 0 Å². The molecule has 3 aromatic rings. The smallest absolute Gasteiger partial charge is 0.423 e. The first kappa shape index (κ1) is 12.8. The predicted molar refractivity (Wildman–Crippen MR) is 76.3 cm³/mol. The van der Waals surface area contributed by atoms with Gasteiger partial charge >= 0.3 is 7.12 Å². The van der Waals surface area contributed by atoms with E-state index in [1.54, 1.807) is 30.7 Å². The van der Waals surface area contributed by atoms with Crippen LogP contribution < -0.4 is 5.46 Å². The highest BCUT2D eigenvalue weighted by atomic mass is 16.4. The van der Waals surface area contributed by atoms with Crippen LogP contribution in [0.15, 0.2) is 36.8 Å². The van der Waals surface area contributed by atoms with Crippen LogP contribution in [0, 0.1) is 0 Å². The Morgan fingerprint density at radius 2 is 2.15 bits per heavy atom. The second-order valence-corrected chi connectivity index (χ2v) is 4.46. The number of hydrogen-bond acceptors (Lipinski definition) is 5. The van der Waals surface area contributed by atoms with E-state index in [0.717, 1.165) is 28.8 Å². The van der Waals surface area contributed by atoms with Gasteiger partial charge in [0.15, 0.2) is 5.65 Å². The summed E-state index contributed by atoms with van der Waals surface area (Å²) in [4.78, 5) is 4.38. The van der Waals surface area contributed by atoms with Crippen molar-refractivity contribution >= 4 is 23.7 Å². The molecule has 0 aliphatic rings. The summed E-state index contributed by atoms with van der Waals surface area (Å²) in [6, 6.07) is 7.02. The minimum absolute atomic E-state index is 0.433. The van der Waals surface area contributed by atoms with E-state index in [4.69, 9.17) is 0 Å². The van der Waals surface area contributed by atoms with E-state index in [9.17, 15) is 10.0 Å². The van der Waals surface area contributed by atoms with E-state index in [2.05, 4.69) is 15.2 Å². The fourth-order valence-corrected chi connectivity index (χ4v) is 2.18. The zero-order chi connectivity index (χ0) is 14.1. The van der Waals surface area contributed by atoms with E-state index in [1.807, 2.05) is 17.6 Å². The number of benzene rings is 1. The third kappa shape index (κ3) is 2.07. The monoisotopic (exact) mass is 268 g/mol. The van der Waals surface area contributed by atoms with Gasteiger partial charge in [0, 0.05) is 12.1 Å². The zero-order valence-corrected chi connectivity index (χ0v) is 10.9. The normalized spacial score (nSPS) is 10.9. The number of fused-ring (bicyclic) bond motifs is 1. The quantitative estimate of drug-likeness (QED) is 0.662. The molecule has 100 valence electrons. The summed E-state index contributed by atoms with van der Waals surface area (Å²) in [7, 11) is -1.49. The molecule has 20 heavy (non-hydrogen) atoms. The van der Waals surface area contributed by atoms with Crippen molar-refractivity contribution in [3.05, 3.63) is 36.8 Å². The van der Waals surface area contributed by atoms with Gasteiger partial charge in [-0.05, 0) is 17.9 Å². The van der Waals surface area contributed by atoms with E-state index in [-0.39, 0.29) is 0 Å². The molecule has 2 aromatic heterocycles. The molecule has 0 unspecified atom stereocenters. The molecule has 0 saturated heterocycles. The van der Waals surface area contributed by atoms with Crippen LogP contribution in [0.25, 0.3) is 22.3 Å². The summed E-state index contributed by atoms with van der Waals surface area (Å²) in [5, 5.41) is 26.6. The summed E-state index contributed by atoms with van der Waals surface area (Å²) in [5.41, 5.74) is 3.57. The maximum atomic E-state index is 9.26. The van der Waals surface area contributed by atoms with Gasteiger partial charge in [-0.25, -0.2) is 4.98 Å². The summed E-state index contributed by atoms with van der Waals surface area (Å²) >= 11 is 0. The van der Waals surface area contributed by atoms with Crippen molar-refractivity contribution in [3.63, 3.8) is 0 Å². The van der Waals surface area contributed by atoms with Crippen molar-refractivity contribution in [2.75, 3.05) is 0 Å². The topological polar surface area (TPSA) is 84.1 Å². The van der Waals surface area contributed by atoms with E-state index in [1.165, 1.54) is 0 Å². The first-order valence-electron chi connectivity index (χ1n) is 6.33. The molecule has 2 N–H and O–H groups in total. The summed E-state index contributed by atoms with van der Waals surface area (Å²) in [6.45, 7) is 2.78. The van der Waals surface area contributed by atoms with Gasteiger partial charge in [0.2, 0.25) is 0 Å². The molecular formula is C13H13BN4O2. The van der Waals surface area contributed by atoms with Crippen molar-refractivity contribution in [2.24, 2.45) is 0 Å². The third-order valence-corrected chi connectivity index (χ3v) is 3.24. The Bertz CT molecular complexity index is 757. The van der Waals surface area contributed by atoms with E-state index in [0.29, 0.717) is 5.46 Å². The number of aromatic nitrogens is 4. The largest absolute Gasteiger partial charge is 0.488 e. The van der Waals surface area contributed by atoms with Crippen molar-refractivity contribution in [1.29, 1.82) is 0 Å². The number of nitrogens with zero attached hydrogens (tertiary/aromatic N) is 4. The SMILES string of the molecule is CCn1cnc2c(-c3cccc(B(O)O)c3)cnnc21. The Kier molecular flexibility index (Phi) is 3.21. The average Bonchev–Trinajstić information content (AvgIpc) is 2.90. The van der Waals surface area contributed by atoms with Gasteiger partial charge in [-0.3, -0.25) is 0 Å². The Morgan fingerprint density at radius 1 is 1.30 bits per heavy atom. The highest BCUT2D eigenvalue weighted by Crippen LogP contribution is 2.24. The van der Waals surface area contributed by atoms with Crippen molar-refractivity contribution in [2.45, 2.75) is 13.5 Å². The minimum atomic E-state index is -1.49.